The first-order valence-corrected chi connectivity index (χ1v) is 9.22. The third-order valence-corrected chi connectivity index (χ3v) is 5.05. The lowest BCUT2D eigenvalue weighted by Gasteiger charge is -2.32. The van der Waals surface area contributed by atoms with Crippen LogP contribution in [0.4, 0.5) is 4.39 Å². The number of fused-ring (bicyclic) bond motifs is 1. The second-order valence-electron chi connectivity index (χ2n) is 6.73. The molecule has 0 atom stereocenters. The van der Waals surface area contributed by atoms with Crippen LogP contribution in [0.2, 0.25) is 5.02 Å². The van der Waals surface area contributed by atoms with Crippen molar-refractivity contribution in [1.29, 1.82) is 0 Å². The summed E-state index contributed by atoms with van der Waals surface area (Å²) in [4.78, 5) is 6.41. The monoisotopic (exact) mass is 406 g/mol. The molecule has 3 aromatic rings. The fraction of sp³-hybridized carbons (Fsp3) is 0.286. The van der Waals surface area contributed by atoms with Crippen LogP contribution in [0.1, 0.15) is 18.4 Å². The number of likely N-dealkylation sites (tertiary alicyclic amines) is 1. The fourth-order valence-corrected chi connectivity index (χ4v) is 3.65. The van der Waals surface area contributed by atoms with E-state index in [1.807, 2.05) is 24.3 Å². The van der Waals surface area contributed by atoms with Crippen molar-refractivity contribution in [2.24, 2.45) is 0 Å². The van der Waals surface area contributed by atoms with Gasteiger partial charge in [-0.15, -0.1) is 12.4 Å². The number of nitrogens with zero attached hydrogens (tertiary/aromatic N) is 2. The first-order valence-electron chi connectivity index (χ1n) is 8.84. The zero-order valence-electron chi connectivity index (χ0n) is 14.8. The molecule has 0 unspecified atom stereocenters. The van der Waals surface area contributed by atoms with Crippen LogP contribution in [0, 0.1) is 5.82 Å². The summed E-state index contributed by atoms with van der Waals surface area (Å²) in [6.45, 7) is 2.73. The molecule has 0 radical (unpaired) electrons. The van der Waals surface area contributed by atoms with E-state index >= 15 is 0 Å². The number of benzene rings is 2. The SMILES string of the molecule is Cl.Fc1cc2cnccc2cc1OC1CCN(Cc2cccc(Cl)c2)CC1. The van der Waals surface area contributed by atoms with Gasteiger partial charge in [0.2, 0.25) is 0 Å². The van der Waals surface area contributed by atoms with Gasteiger partial charge in [0, 0.05) is 42.4 Å². The second-order valence-corrected chi connectivity index (χ2v) is 7.17. The summed E-state index contributed by atoms with van der Waals surface area (Å²) in [5, 5.41) is 2.49. The minimum absolute atomic E-state index is 0. The molecule has 1 aliphatic heterocycles. The Hall–Kier alpha value is -1.88. The van der Waals surface area contributed by atoms with Crippen LogP contribution in [-0.4, -0.2) is 29.1 Å². The highest BCUT2D eigenvalue weighted by Gasteiger charge is 2.22. The molecule has 2 aromatic carbocycles. The van der Waals surface area contributed by atoms with E-state index in [-0.39, 0.29) is 24.3 Å². The van der Waals surface area contributed by atoms with Gasteiger partial charge in [0.1, 0.15) is 6.10 Å². The van der Waals surface area contributed by atoms with Gasteiger partial charge < -0.3 is 4.74 Å². The molecule has 0 N–H and O–H groups in total. The van der Waals surface area contributed by atoms with E-state index in [2.05, 4.69) is 16.0 Å². The summed E-state index contributed by atoms with van der Waals surface area (Å²) < 4.78 is 20.3. The molecule has 1 aliphatic rings. The van der Waals surface area contributed by atoms with E-state index in [0.29, 0.717) is 5.75 Å². The van der Waals surface area contributed by atoms with Crippen LogP contribution in [0.25, 0.3) is 10.8 Å². The standard InChI is InChI=1S/C21H20ClFN2O.ClH/c22-18-3-1-2-15(10-18)14-25-8-5-19(6-9-25)26-21-12-16-4-7-24-13-17(16)11-20(21)23;/h1-4,7,10-13,19H,5-6,8-9,14H2;1H. The largest absolute Gasteiger partial charge is 0.487 e. The number of piperidine rings is 1. The van der Waals surface area contributed by atoms with E-state index in [0.717, 1.165) is 48.3 Å². The van der Waals surface area contributed by atoms with Crippen LogP contribution in [0.5, 0.6) is 5.75 Å². The van der Waals surface area contributed by atoms with E-state index in [9.17, 15) is 4.39 Å². The third-order valence-electron chi connectivity index (χ3n) is 4.81. The second kappa shape index (κ2) is 8.87. The van der Waals surface area contributed by atoms with Crippen LogP contribution in [0.3, 0.4) is 0 Å². The lowest BCUT2D eigenvalue weighted by molar-refractivity contribution is 0.0937. The van der Waals surface area contributed by atoms with Crippen molar-refractivity contribution in [3.8, 4) is 5.75 Å². The van der Waals surface area contributed by atoms with Crippen molar-refractivity contribution in [2.75, 3.05) is 13.1 Å². The van der Waals surface area contributed by atoms with Gasteiger partial charge in [-0.1, -0.05) is 23.7 Å². The number of hydrogen-bond donors (Lipinski definition) is 0. The molecule has 0 amide bonds. The summed E-state index contributed by atoms with van der Waals surface area (Å²) >= 11 is 6.05. The Kier molecular flexibility index (Phi) is 6.53. The molecule has 27 heavy (non-hydrogen) atoms. The summed E-state index contributed by atoms with van der Waals surface area (Å²) in [5.41, 5.74) is 1.21. The quantitative estimate of drug-likeness (QED) is 0.572. The van der Waals surface area contributed by atoms with Crippen molar-refractivity contribution in [3.63, 3.8) is 0 Å². The van der Waals surface area contributed by atoms with Gasteiger partial charge >= 0.3 is 0 Å². The Morgan fingerprint density at radius 2 is 1.93 bits per heavy atom. The molecule has 0 aliphatic carbocycles. The number of rotatable bonds is 4. The molecule has 142 valence electrons. The number of aromatic nitrogens is 1. The summed E-state index contributed by atoms with van der Waals surface area (Å²) in [5.74, 6) is 0.00356. The maximum absolute atomic E-state index is 14.3. The Bertz CT molecular complexity index is 914. The molecule has 1 saturated heterocycles. The predicted octanol–water partition coefficient (Wildman–Crippen LogP) is 5.49. The topological polar surface area (TPSA) is 25.4 Å². The van der Waals surface area contributed by atoms with Gasteiger partial charge in [0.05, 0.1) is 0 Å². The Morgan fingerprint density at radius 3 is 2.70 bits per heavy atom. The highest BCUT2D eigenvalue weighted by Crippen LogP contribution is 2.27. The molecule has 6 heteroatoms. The maximum Gasteiger partial charge on any atom is 0.165 e. The van der Waals surface area contributed by atoms with Crippen LogP contribution < -0.4 is 4.74 Å². The van der Waals surface area contributed by atoms with Crippen LogP contribution in [0.15, 0.2) is 54.9 Å². The van der Waals surface area contributed by atoms with E-state index < -0.39 is 0 Å². The first kappa shape index (κ1) is 19.9. The zero-order chi connectivity index (χ0) is 17.9. The molecule has 0 spiro atoms. The van der Waals surface area contributed by atoms with Gasteiger partial charge in [0.15, 0.2) is 11.6 Å². The average molecular weight is 407 g/mol. The van der Waals surface area contributed by atoms with E-state index in [4.69, 9.17) is 16.3 Å². The molecular weight excluding hydrogens is 386 g/mol. The minimum Gasteiger partial charge on any atom is -0.487 e. The minimum atomic E-state index is -0.327. The molecule has 0 saturated carbocycles. The highest BCUT2D eigenvalue weighted by molar-refractivity contribution is 6.30. The Morgan fingerprint density at radius 1 is 1.11 bits per heavy atom. The summed E-state index contributed by atoms with van der Waals surface area (Å²) in [7, 11) is 0. The van der Waals surface area contributed by atoms with Crippen molar-refractivity contribution < 1.29 is 9.13 Å². The maximum atomic E-state index is 14.3. The van der Waals surface area contributed by atoms with Crippen molar-refractivity contribution in [2.45, 2.75) is 25.5 Å². The number of halogens is 3. The van der Waals surface area contributed by atoms with Crippen LogP contribution >= 0.6 is 24.0 Å². The molecule has 1 fully saturated rings. The lowest BCUT2D eigenvalue weighted by atomic mass is 10.1. The summed E-state index contributed by atoms with van der Waals surface area (Å²) in [6, 6.07) is 13.1. The van der Waals surface area contributed by atoms with Gasteiger partial charge in [-0.3, -0.25) is 9.88 Å². The number of pyridine rings is 1. The van der Waals surface area contributed by atoms with Crippen molar-refractivity contribution >= 4 is 34.8 Å². The van der Waals surface area contributed by atoms with Crippen LogP contribution in [-0.2, 0) is 6.54 Å². The fourth-order valence-electron chi connectivity index (χ4n) is 3.44. The first-order chi connectivity index (χ1) is 12.7. The molecular formula is C21H21Cl2FN2O. The van der Waals surface area contributed by atoms with Gasteiger partial charge in [-0.25, -0.2) is 4.39 Å². The molecule has 0 bridgehead atoms. The van der Waals surface area contributed by atoms with Crippen molar-refractivity contribution in [1.82, 2.24) is 9.88 Å². The molecule has 3 nitrogen and oxygen atoms in total. The third kappa shape index (κ3) is 4.89. The van der Waals surface area contributed by atoms with E-state index in [1.54, 1.807) is 18.5 Å². The van der Waals surface area contributed by atoms with Gasteiger partial charge in [-0.05, 0) is 54.1 Å². The average Bonchev–Trinajstić information content (AvgIpc) is 2.64. The smallest absolute Gasteiger partial charge is 0.165 e. The zero-order valence-corrected chi connectivity index (χ0v) is 16.3. The van der Waals surface area contributed by atoms with Gasteiger partial charge in [-0.2, -0.15) is 0 Å². The Labute approximate surface area is 169 Å². The summed E-state index contributed by atoms with van der Waals surface area (Å²) in [6.07, 6.45) is 5.18. The molecule has 1 aromatic heterocycles. The lowest BCUT2D eigenvalue weighted by Crippen LogP contribution is -2.37. The number of hydrogen-bond acceptors (Lipinski definition) is 3. The van der Waals surface area contributed by atoms with E-state index in [1.165, 1.54) is 11.6 Å². The van der Waals surface area contributed by atoms with Crippen molar-refractivity contribution in [3.05, 3.63) is 71.3 Å². The normalized spacial score (nSPS) is 15.5. The highest BCUT2D eigenvalue weighted by atomic mass is 35.5. The number of ether oxygens (including phenoxy) is 1. The predicted molar refractivity (Wildman–Crippen MR) is 109 cm³/mol. The molecule has 4 rings (SSSR count). The van der Waals surface area contributed by atoms with Gasteiger partial charge in [0.25, 0.3) is 0 Å². The molecule has 2 heterocycles. The Balaban J connectivity index is 0.00000210.